The molecule has 0 bridgehead atoms. The molecule has 5 heteroatoms. The maximum absolute atomic E-state index is 5.88. The Labute approximate surface area is 123 Å². The highest BCUT2D eigenvalue weighted by atomic mass is 35.5. The Morgan fingerprint density at radius 2 is 2.15 bits per heavy atom. The standard InChI is InChI=1S/C15H18ClN3O/c16-13-3-1-12(2-4-13)14-8-18-15(20-14)10-19-6-5-11(7-17)9-19/h1-4,8,11H,5-7,9-10,17H2. The van der Waals surface area contributed by atoms with E-state index in [1.165, 1.54) is 6.42 Å². The van der Waals surface area contributed by atoms with Crippen LogP contribution in [0.1, 0.15) is 12.3 Å². The van der Waals surface area contributed by atoms with Crippen LogP contribution in [0.15, 0.2) is 34.9 Å². The Kier molecular flexibility index (Phi) is 4.05. The molecule has 1 aliphatic rings. The second-order valence-electron chi connectivity index (χ2n) is 5.25. The summed E-state index contributed by atoms with van der Waals surface area (Å²) in [5.41, 5.74) is 6.70. The minimum absolute atomic E-state index is 0.612. The van der Waals surface area contributed by atoms with Gasteiger partial charge >= 0.3 is 0 Å². The normalized spacial score (nSPS) is 19.6. The van der Waals surface area contributed by atoms with E-state index in [4.69, 9.17) is 21.8 Å². The molecule has 106 valence electrons. The number of likely N-dealkylation sites (tertiary alicyclic amines) is 1. The van der Waals surface area contributed by atoms with Gasteiger partial charge in [0.1, 0.15) is 0 Å². The highest BCUT2D eigenvalue weighted by molar-refractivity contribution is 6.30. The SMILES string of the molecule is NCC1CCN(Cc2ncc(-c3ccc(Cl)cc3)o2)C1. The molecule has 2 aromatic rings. The summed E-state index contributed by atoms with van der Waals surface area (Å²) in [7, 11) is 0. The Morgan fingerprint density at radius 3 is 2.85 bits per heavy atom. The lowest BCUT2D eigenvalue weighted by molar-refractivity contribution is 0.282. The molecule has 1 fully saturated rings. The molecule has 0 amide bonds. The lowest BCUT2D eigenvalue weighted by Crippen LogP contribution is -2.22. The van der Waals surface area contributed by atoms with E-state index in [9.17, 15) is 0 Å². The number of halogens is 1. The number of benzene rings is 1. The molecule has 3 rings (SSSR count). The first-order chi connectivity index (χ1) is 9.74. The van der Waals surface area contributed by atoms with Gasteiger partial charge < -0.3 is 10.2 Å². The molecule has 2 heterocycles. The van der Waals surface area contributed by atoms with Gasteiger partial charge in [-0.05, 0) is 49.7 Å². The molecule has 1 saturated heterocycles. The van der Waals surface area contributed by atoms with Crippen LogP contribution in [0.25, 0.3) is 11.3 Å². The molecular formula is C15H18ClN3O. The van der Waals surface area contributed by atoms with Gasteiger partial charge in [-0.25, -0.2) is 4.98 Å². The second kappa shape index (κ2) is 5.95. The first-order valence-electron chi connectivity index (χ1n) is 6.87. The Balaban J connectivity index is 1.66. The molecule has 4 nitrogen and oxygen atoms in total. The number of oxazole rings is 1. The molecule has 0 radical (unpaired) electrons. The number of hydrogen-bond acceptors (Lipinski definition) is 4. The van der Waals surface area contributed by atoms with Crippen molar-refractivity contribution in [3.63, 3.8) is 0 Å². The number of nitrogens with two attached hydrogens (primary N) is 1. The molecule has 1 aliphatic heterocycles. The molecule has 20 heavy (non-hydrogen) atoms. The van der Waals surface area contributed by atoms with Crippen molar-refractivity contribution in [2.45, 2.75) is 13.0 Å². The predicted molar refractivity (Wildman–Crippen MR) is 79.4 cm³/mol. The third kappa shape index (κ3) is 3.03. The van der Waals surface area contributed by atoms with Crippen LogP contribution in [0.5, 0.6) is 0 Å². The summed E-state index contributed by atoms with van der Waals surface area (Å²) in [6, 6.07) is 7.58. The average Bonchev–Trinajstić information content (AvgIpc) is 3.09. The van der Waals surface area contributed by atoms with Crippen LogP contribution in [0.3, 0.4) is 0 Å². The molecule has 0 aliphatic carbocycles. The fourth-order valence-corrected chi connectivity index (χ4v) is 2.70. The fourth-order valence-electron chi connectivity index (χ4n) is 2.57. The summed E-state index contributed by atoms with van der Waals surface area (Å²) in [6.45, 7) is 3.62. The first-order valence-corrected chi connectivity index (χ1v) is 7.25. The van der Waals surface area contributed by atoms with Gasteiger partial charge in [-0.2, -0.15) is 0 Å². The zero-order valence-corrected chi connectivity index (χ0v) is 12.0. The topological polar surface area (TPSA) is 55.3 Å². The molecule has 1 aromatic heterocycles. The van der Waals surface area contributed by atoms with Gasteiger partial charge in [0.2, 0.25) is 5.89 Å². The summed E-state index contributed by atoms with van der Waals surface area (Å²) in [5.74, 6) is 2.15. The van der Waals surface area contributed by atoms with Gasteiger partial charge in [0, 0.05) is 17.1 Å². The van der Waals surface area contributed by atoms with E-state index >= 15 is 0 Å². The highest BCUT2D eigenvalue weighted by Crippen LogP contribution is 2.24. The van der Waals surface area contributed by atoms with E-state index < -0.39 is 0 Å². The summed E-state index contributed by atoms with van der Waals surface area (Å²) in [4.78, 5) is 6.70. The molecular weight excluding hydrogens is 274 g/mol. The van der Waals surface area contributed by atoms with Gasteiger partial charge in [0.15, 0.2) is 5.76 Å². The van der Waals surface area contributed by atoms with Gasteiger partial charge in [-0.3, -0.25) is 4.90 Å². The van der Waals surface area contributed by atoms with Crippen LogP contribution in [0.2, 0.25) is 5.02 Å². The van der Waals surface area contributed by atoms with E-state index in [-0.39, 0.29) is 0 Å². The largest absolute Gasteiger partial charge is 0.439 e. The minimum atomic E-state index is 0.612. The summed E-state index contributed by atoms with van der Waals surface area (Å²) in [5, 5.41) is 0.721. The van der Waals surface area contributed by atoms with Crippen molar-refractivity contribution < 1.29 is 4.42 Å². The predicted octanol–water partition coefficient (Wildman–Crippen LogP) is 2.78. The van der Waals surface area contributed by atoms with Crippen LogP contribution in [-0.4, -0.2) is 29.5 Å². The van der Waals surface area contributed by atoms with Crippen LogP contribution in [0, 0.1) is 5.92 Å². The number of hydrogen-bond donors (Lipinski definition) is 1. The van der Waals surface area contributed by atoms with Crippen molar-refractivity contribution in [3.05, 3.63) is 41.4 Å². The quantitative estimate of drug-likeness (QED) is 0.941. The first kappa shape index (κ1) is 13.6. The van der Waals surface area contributed by atoms with E-state index in [0.29, 0.717) is 5.92 Å². The molecule has 0 spiro atoms. The van der Waals surface area contributed by atoms with Crippen LogP contribution in [-0.2, 0) is 6.54 Å². The minimum Gasteiger partial charge on any atom is -0.439 e. The Hall–Kier alpha value is -1.36. The molecule has 1 atom stereocenters. The summed E-state index contributed by atoms with van der Waals surface area (Å²) in [6.07, 6.45) is 2.94. The smallest absolute Gasteiger partial charge is 0.209 e. The summed E-state index contributed by atoms with van der Waals surface area (Å²) >= 11 is 5.88. The highest BCUT2D eigenvalue weighted by Gasteiger charge is 2.22. The molecule has 0 saturated carbocycles. The monoisotopic (exact) mass is 291 g/mol. The van der Waals surface area contributed by atoms with E-state index in [0.717, 1.165) is 48.4 Å². The van der Waals surface area contributed by atoms with E-state index in [2.05, 4.69) is 9.88 Å². The van der Waals surface area contributed by atoms with E-state index in [1.54, 1.807) is 6.20 Å². The average molecular weight is 292 g/mol. The van der Waals surface area contributed by atoms with Gasteiger partial charge in [-0.1, -0.05) is 11.6 Å². The maximum Gasteiger partial charge on any atom is 0.209 e. The second-order valence-corrected chi connectivity index (χ2v) is 5.69. The fraction of sp³-hybridized carbons (Fsp3) is 0.400. The van der Waals surface area contributed by atoms with Gasteiger partial charge in [0.25, 0.3) is 0 Å². The lowest BCUT2D eigenvalue weighted by Gasteiger charge is -2.12. The molecule has 1 aromatic carbocycles. The number of rotatable bonds is 4. The summed E-state index contributed by atoms with van der Waals surface area (Å²) < 4.78 is 5.81. The maximum atomic E-state index is 5.88. The molecule has 1 unspecified atom stereocenters. The van der Waals surface area contributed by atoms with Crippen LogP contribution >= 0.6 is 11.6 Å². The van der Waals surface area contributed by atoms with Crippen molar-refractivity contribution in [2.75, 3.05) is 19.6 Å². The third-order valence-electron chi connectivity index (χ3n) is 3.74. The number of nitrogens with zero attached hydrogens (tertiary/aromatic N) is 2. The van der Waals surface area contributed by atoms with E-state index in [1.807, 2.05) is 24.3 Å². The lowest BCUT2D eigenvalue weighted by atomic mass is 10.1. The third-order valence-corrected chi connectivity index (χ3v) is 4.00. The van der Waals surface area contributed by atoms with Crippen molar-refractivity contribution in [3.8, 4) is 11.3 Å². The van der Waals surface area contributed by atoms with Crippen molar-refractivity contribution in [1.82, 2.24) is 9.88 Å². The van der Waals surface area contributed by atoms with Crippen molar-refractivity contribution >= 4 is 11.6 Å². The van der Waals surface area contributed by atoms with Crippen LogP contribution in [0.4, 0.5) is 0 Å². The van der Waals surface area contributed by atoms with Gasteiger partial charge in [-0.15, -0.1) is 0 Å². The Bertz CT molecular complexity index is 567. The zero-order valence-electron chi connectivity index (χ0n) is 11.3. The zero-order chi connectivity index (χ0) is 13.9. The number of aromatic nitrogens is 1. The van der Waals surface area contributed by atoms with Gasteiger partial charge in [0.05, 0.1) is 12.7 Å². The van der Waals surface area contributed by atoms with Crippen molar-refractivity contribution in [2.24, 2.45) is 11.7 Å². The van der Waals surface area contributed by atoms with Crippen LogP contribution < -0.4 is 5.73 Å². The molecule has 2 N–H and O–H groups in total. The Morgan fingerprint density at radius 1 is 1.35 bits per heavy atom. The van der Waals surface area contributed by atoms with Crippen molar-refractivity contribution in [1.29, 1.82) is 0 Å².